The third-order valence-electron chi connectivity index (χ3n) is 3.19. The van der Waals surface area contributed by atoms with Gasteiger partial charge in [-0.2, -0.15) is 5.10 Å². The van der Waals surface area contributed by atoms with Gasteiger partial charge in [-0.3, -0.25) is 10.1 Å². The first-order chi connectivity index (χ1) is 9.97. The van der Waals surface area contributed by atoms with Gasteiger partial charge in [-0.15, -0.1) is 0 Å². The second kappa shape index (κ2) is 6.87. The largest absolute Gasteiger partial charge is 0.480 e. The summed E-state index contributed by atoms with van der Waals surface area (Å²) in [6, 6.07) is 7.27. The number of aromatic nitrogens is 2. The van der Waals surface area contributed by atoms with E-state index in [0.29, 0.717) is 6.54 Å². The minimum absolute atomic E-state index is 0.0315. The number of halogens is 1. The number of nitrogens with zero attached hydrogens (tertiary/aromatic N) is 2. The Morgan fingerprint density at radius 2 is 2.05 bits per heavy atom. The lowest BCUT2D eigenvalue weighted by atomic mass is 10.0. The summed E-state index contributed by atoms with van der Waals surface area (Å²) in [5.74, 6) is -0.797. The highest BCUT2D eigenvalue weighted by Crippen LogP contribution is 2.14. The fourth-order valence-electron chi connectivity index (χ4n) is 2.02. The van der Waals surface area contributed by atoms with Crippen LogP contribution < -0.4 is 5.32 Å². The summed E-state index contributed by atoms with van der Waals surface area (Å²) in [4.78, 5) is 11.1. The molecule has 6 heteroatoms. The molecule has 21 heavy (non-hydrogen) atoms. The van der Waals surface area contributed by atoms with Gasteiger partial charge in [0, 0.05) is 22.8 Å². The number of carbonyl (C=O) groups is 1. The summed E-state index contributed by atoms with van der Waals surface area (Å²) in [5, 5.41) is 16.5. The summed E-state index contributed by atoms with van der Waals surface area (Å²) in [6.07, 6.45) is 3.64. The summed E-state index contributed by atoms with van der Waals surface area (Å²) in [7, 11) is 0. The number of benzene rings is 1. The number of hydrogen-bond acceptors (Lipinski definition) is 3. The maximum atomic E-state index is 11.1. The summed E-state index contributed by atoms with van der Waals surface area (Å²) >= 11 is 3.40. The van der Waals surface area contributed by atoms with Crippen molar-refractivity contribution in [2.24, 2.45) is 5.92 Å². The van der Waals surface area contributed by atoms with Gasteiger partial charge in [0.05, 0.1) is 11.9 Å². The number of carboxylic acid groups (broad SMARTS) is 1. The second-order valence-corrected chi connectivity index (χ2v) is 6.13. The van der Waals surface area contributed by atoms with Crippen LogP contribution in [0.2, 0.25) is 0 Å². The molecule has 0 amide bonds. The molecular formula is C15H18BrN3O2. The van der Waals surface area contributed by atoms with Crippen molar-refractivity contribution in [3.8, 4) is 5.69 Å². The van der Waals surface area contributed by atoms with Crippen molar-refractivity contribution >= 4 is 21.9 Å². The average Bonchev–Trinajstić information content (AvgIpc) is 2.87. The van der Waals surface area contributed by atoms with Gasteiger partial charge in [0.25, 0.3) is 0 Å². The molecule has 1 aromatic carbocycles. The van der Waals surface area contributed by atoms with E-state index >= 15 is 0 Å². The van der Waals surface area contributed by atoms with Crippen LogP contribution >= 0.6 is 15.9 Å². The third-order valence-corrected chi connectivity index (χ3v) is 3.71. The zero-order valence-electron chi connectivity index (χ0n) is 12.0. The molecule has 0 aliphatic carbocycles. The van der Waals surface area contributed by atoms with Crippen LogP contribution in [-0.2, 0) is 11.3 Å². The van der Waals surface area contributed by atoms with E-state index in [-0.39, 0.29) is 5.92 Å². The fourth-order valence-corrected chi connectivity index (χ4v) is 2.29. The molecule has 5 nitrogen and oxygen atoms in total. The van der Waals surface area contributed by atoms with Gasteiger partial charge in [-0.05, 0) is 30.2 Å². The van der Waals surface area contributed by atoms with E-state index in [1.165, 1.54) is 0 Å². The molecule has 0 saturated carbocycles. The van der Waals surface area contributed by atoms with Gasteiger partial charge < -0.3 is 5.11 Å². The third kappa shape index (κ3) is 4.15. The second-order valence-electron chi connectivity index (χ2n) is 5.21. The Kier molecular flexibility index (Phi) is 5.14. The molecule has 0 unspecified atom stereocenters. The Balaban J connectivity index is 2.03. The van der Waals surface area contributed by atoms with Crippen molar-refractivity contribution in [1.29, 1.82) is 0 Å². The molecule has 112 valence electrons. The minimum atomic E-state index is -0.828. The van der Waals surface area contributed by atoms with E-state index in [4.69, 9.17) is 5.11 Å². The number of hydrogen-bond donors (Lipinski definition) is 2. The van der Waals surface area contributed by atoms with Crippen molar-refractivity contribution in [3.63, 3.8) is 0 Å². The molecule has 0 bridgehead atoms. The zero-order valence-corrected chi connectivity index (χ0v) is 13.5. The molecule has 2 aromatic rings. The highest BCUT2D eigenvalue weighted by molar-refractivity contribution is 9.10. The van der Waals surface area contributed by atoms with Crippen LogP contribution in [0.3, 0.4) is 0 Å². The lowest BCUT2D eigenvalue weighted by molar-refractivity contribution is -0.140. The lowest BCUT2D eigenvalue weighted by Gasteiger charge is -2.17. The first-order valence-corrected chi connectivity index (χ1v) is 7.52. The monoisotopic (exact) mass is 351 g/mol. The standard InChI is InChI=1S/C15H18BrN3O2/c1-10(2)14(15(20)21)17-7-11-8-18-19(9-11)13-5-3-12(16)4-6-13/h3-6,8-10,14,17H,7H2,1-2H3,(H,20,21)/t14-/m1/s1. The van der Waals surface area contributed by atoms with E-state index in [2.05, 4.69) is 26.3 Å². The molecule has 1 heterocycles. The predicted octanol–water partition coefficient (Wildman–Crippen LogP) is 2.83. The van der Waals surface area contributed by atoms with E-state index in [0.717, 1.165) is 15.7 Å². The molecule has 2 N–H and O–H groups in total. The van der Waals surface area contributed by atoms with Crippen molar-refractivity contribution in [3.05, 3.63) is 46.7 Å². The van der Waals surface area contributed by atoms with E-state index < -0.39 is 12.0 Å². The lowest BCUT2D eigenvalue weighted by Crippen LogP contribution is -2.40. The summed E-state index contributed by atoms with van der Waals surface area (Å²) in [6.45, 7) is 4.25. The molecule has 0 saturated heterocycles. The van der Waals surface area contributed by atoms with Crippen LogP contribution in [0.15, 0.2) is 41.1 Å². The van der Waals surface area contributed by atoms with Crippen LogP contribution in [0.5, 0.6) is 0 Å². The van der Waals surface area contributed by atoms with Crippen LogP contribution in [0.25, 0.3) is 5.69 Å². The first-order valence-electron chi connectivity index (χ1n) is 6.73. The SMILES string of the molecule is CC(C)[C@@H](NCc1cnn(-c2ccc(Br)cc2)c1)C(=O)O. The van der Waals surface area contributed by atoms with E-state index in [1.807, 2.05) is 44.3 Å². The predicted molar refractivity (Wildman–Crippen MR) is 84.4 cm³/mol. The molecule has 0 aliphatic heterocycles. The topological polar surface area (TPSA) is 67.2 Å². The minimum Gasteiger partial charge on any atom is -0.480 e. The molecule has 2 rings (SSSR count). The molecule has 0 fully saturated rings. The Morgan fingerprint density at radius 1 is 1.38 bits per heavy atom. The number of aliphatic carboxylic acids is 1. The van der Waals surface area contributed by atoms with Gasteiger partial charge in [0.2, 0.25) is 0 Å². The maximum absolute atomic E-state index is 11.1. The molecule has 0 spiro atoms. The number of carboxylic acids is 1. The van der Waals surface area contributed by atoms with Crippen molar-refractivity contribution in [2.75, 3.05) is 0 Å². The first kappa shape index (κ1) is 15.7. The number of nitrogens with one attached hydrogen (secondary N) is 1. The van der Waals surface area contributed by atoms with Crippen molar-refractivity contribution in [2.45, 2.75) is 26.4 Å². The number of rotatable bonds is 6. The van der Waals surface area contributed by atoms with Crippen LogP contribution in [0.1, 0.15) is 19.4 Å². The van der Waals surface area contributed by atoms with Gasteiger partial charge >= 0.3 is 5.97 Å². The summed E-state index contributed by atoms with van der Waals surface area (Å²) < 4.78 is 2.79. The van der Waals surface area contributed by atoms with Crippen molar-refractivity contribution in [1.82, 2.24) is 15.1 Å². The average molecular weight is 352 g/mol. The van der Waals surface area contributed by atoms with Crippen LogP contribution in [-0.4, -0.2) is 26.9 Å². The maximum Gasteiger partial charge on any atom is 0.320 e. The highest BCUT2D eigenvalue weighted by Gasteiger charge is 2.20. The Labute approximate surface area is 132 Å². The molecule has 1 aromatic heterocycles. The molecule has 1 atom stereocenters. The Bertz CT molecular complexity index is 608. The van der Waals surface area contributed by atoms with Crippen LogP contribution in [0, 0.1) is 5.92 Å². The molecular weight excluding hydrogens is 334 g/mol. The molecule has 0 aliphatic rings. The zero-order chi connectivity index (χ0) is 15.4. The Hall–Kier alpha value is -1.66. The quantitative estimate of drug-likeness (QED) is 0.839. The van der Waals surface area contributed by atoms with Gasteiger partial charge in [0.15, 0.2) is 0 Å². The van der Waals surface area contributed by atoms with Gasteiger partial charge in [0.1, 0.15) is 6.04 Å². The highest BCUT2D eigenvalue weighted by atomic mass is 79.9. The normalized spacial score (nSPS) is 12.6. The summed E-state index contributed by atoms with van der Waals surface area (Å²) in [5.41, 5.74) is 1.91. The van der Waals surface area contributed by atoms with Gasteiger partial charge in [-0.1, -0.05) is 29.8 Å². The smallest absolute Gasteiger partial charge is 0.320 e. The molecule has 0 radical (unpaired) electrons. The van der Waals surface area contributed by atoms with Gasteiger partial charge in [-0.25, -0.2) is 4.68 Å². The van der Waals surface area contributed by atoms with E-state index in [1.54, 1.807) is 10.9 Å². The fraction of sp³-hybridized carbons (Fsp3) is 0.333. The Morgan fingerprint density at radius 3 is 2.62 bits per heavy atom. The van der Waals surface area contributed by atoms with Crippen molar-refractivity contribution < 1.29 is 9.90 Å². The van der Waals surface area contributed by atoms with E-state index in [9.17, 15) is 4.79 Å². The van der Waals surface area contributed by atoms with Crippen LogP contribution in [0.4, 0.5) is 0 Å².